The second-order valence-corrected chi connectivity index (χ2v) is 6.48. The molecule has 6 heteroatoms. The maximum absolute atomic E-state index is 5.72. The van der Waals surface area contributed by atoms with Gasteiger partial charge in [-0.25, -0.2) is 9.97 Å². The van der Waals surface area contributed by atoms with E-state index in [9.17, 15) is 0 Å². The van der Waals surface area contributed by atoms with Crippen molar-refractivity contribution >= 4 is 38.7 Å². The number of nitrogens with two attached hydrogens (primary N) is 1. The molecule has 0 fully saturated rings. The van der Waals surface area contributed by atoms with Crippen molar-refractivity contribution in [3.05, 3.63) is 60.6 Å². The number of hydrogen-bond donors (Lipinski definition) is 2. The van der Waals surface area contributed by atoms with Gasteiger partial charge >= 0.3 is 0 Å². The lowest BCUT2D eigenvalue weighted by molar-refractivity contribution is 1.19. The third-order valence-corrected chi connectivity index (χ3v) is 5.11. The first-order valence-electron chi connectivity index (χ1n) is 7.50. The molecule has 0 saturated heterocycles. The number of nitrogens with zero attached hydrogens (tertiary/aromatic N) is 3. The molecule has 118 valence electrons. The molecule has 0 aliphatic carbocycles. The summed E-state index contributed by atoms with van der Waals surface area (Å²) in [6.07, 6.45) is 5.24. The molecule has 3 aromatic heterocycles. The highest BCUT2D eigenvalue weighted by Crippen LogP contribution is 2.38. The molecule has 0 aliphatic heterocycles. The molecule has 3 heterocycles. The molecule has 0 spiro atoms. The first-order chi connectivity index (χ1) is 11.7. The minimum absolute atomic E-state index is 0.296. The molecule has 0 atom stereocenters. The van der Waals surface area contributed by atoms with Crippen molar-refractivity contribution in [2.75, 3.05) is 11.1 Å². The summed E-state index contributed by atoms with van der Waals surface area (Å²) in [5.74, 6) is 0.296. The Bertz CT molecular complexity index is 1010. The topological polar surface area (TPSA) is 76.7 Å². The zero-order valence-electron chi connectivity index (χ0n) is 13.0. The van der Waals surface area contributed by atoms with Gasteiger partial charge in [0.2, 0.25) is 5.95 Å². The number of aryl methyl sites for hydroxylation is 1. The minimum atomic E-state index is 0.296. The van der Waals surface area contributed by atoms with Crippen LogP contribution in [0.4, 0.5) is 17.3 Å². The molecule has 0 unspecified atom stereocenters. The summed E-state index contributed by atoms with van der Waals surface area (Å²) in [5.41, 5.74) is 9.84. The summed E-state index contributed by atoms with van der Waals surface area (Å²) in [4.78, 5) is 13.5. The third kappa shape index (κ3) is 2.68. The van der Waals surface area contributed by atoms with Crippen molar-refractivity contribution in [1.29, 1.82) is 0 Å². The number of fused-ring (bicyclic) bond motifs is 1. The zero-order valence-corrected chi connectivity index (χ0v) is 13.8. The molecule has 0 saturated carbocycles. The maximum Gasteiger partial charge on any atom is 0.220 e. The Morgan fingerprint density at radius 3 is 2.62 bits per heavy atom. The highest BCUT2D eigenvalue weighted by molar-refractivity contribution is 7.22. The molecule has 0 bridgehead atoms. The first kappa shape index (κ1) is 14.6. The monoisotopic (exact) mass is 333 g/mol. The van der Waals surface area contributed by atoms with Crippen molar-refractivity contribution in [1.82, 2.24) is 15.0 Å². The van der Waals surface area contributed by atoms with Gasteiger partial charge in [-0.2, -0.15) is 0 Å². The molecular formula is C18H15N5S. The number of hydrogen-bond acceptors (Lipinski definition) is 6. The first-order valence-corrected chi connectivity index (χ1v) is 8.31. The highest BCUT2D eigenvalue weighted by atomic mass is 32.1. The summed E-state index contributed by atoms with van der Waals surface area (Å²) < 4.78 is 1.22. The van der Waals surface area contributed by atoms with E-state index in [0.717, 1.165) is 21.9 Å². The normalized spacial score (nSPS) is 10.9. The van der Waals surface area contributed by atoms with Crippen LogP contribution >= 0.6 is 11.3 Å². The van der Waals surface area contributed by atoms with E-state index in [2.05, 4.69) is 45.4 Å². The Morgan fingerprint density at radius 1 is 1.00 bits per heavy atom. The maximum atomic E-state index is 5.72. The minimum Gasteiger partial charge on any atom is -0.368 e. The van der Waals surface area contributed by atoms with E-state index >= 15 is 0 Å². The van der Waals surface area contributed by atoms with Crippen LogP contribution < -0.4 is 11.1 Å². The molecule has 0 amide bonds. The van der Waals surface area contributed by atoms with Crippen LogP contribution in [0.1, 0.15) is 5.56 Å². The van der Waals surface area contributed by atoms with E-state index in [0.29, 0.717) is 5.95 Å². The van der Waals surface area contributed by atoms with Gasteiger partial charge in [-0.3, -0.25) is 4.98 Å². The van der Waals surface area contributed by atoms with E-state index in [1.165, 1.54) is 15.6 Å². The van der Waals surface area contributed by atoms with Gasteiger partial charge in [-0.1, -0.05) is 0 Å². The van der Waals surface area contributed by atoms with Gasteiger partial charge in [0.25, 0.3) is 0 Å². The Labute approximate surface area is 143 Å². The molecule has 5 nitrogen and oxygen atoms in total. The molecule has 4 aromatic rings. The fraction of sp³-hybridized carbons (Fsp3) is 0.0556. The number of benzene rings is 1. The fourth-order valence-corrected chi connectivity index (χ4v) is 3.80. The van der Waals surface area contributed by atoms with Gasteiger partial charge in [-0.05, 0) is 54.3 Å². The average molecular weight is 333 g/mol. The summed E-state index contributed by atoms with van der Waals surface area (Å²) in [7, 11) is 0. The van der Waals surface area contributed by atoms with E-state index in [4.69, 9.17) is 5.73 Å². The number of aromatic nitrogens is 3. The predicted molar refractivity (Wildman–Crippen MR) is 99.5 cm³/mol. The molecule has 4 rings (SSSR count). The molecule has 24 heavy (non-hydrogen) atoms. The lowest BCUT2D eigenvalue weighted by Crippen LogP contribution is -1.94. The smallest absolute Gasteiger partial charge is 0.220 e. The number of rotatable bonds is 3. The van der Waals surface area contributed by atoms with E-state index < -0.39 is 0 Å². The van der Waals surface area contributed by atoms with Crippen molar-refractivity contribution in [2.45, 2.75) is 6.92 Å². The second-order valence-electron chi connectivity index (χ2n) is 5.43. The van der Waals surface area contributed by atoms with Crippen molar-refractivity contribution < 1.29 is 0 Å². The molecule has 1 aromatic carbocycles. The molecule has 0 aliphatic rings. The van der Waals surface area contributed by atoms with Crippen molar-refractivity contribution in [3.63, 3.8) is 0 Å². The number of anilines is 3. The lowest BCUT2D eigenvalue weighted by atomic mass is 10.1. The van der Waals surface area contributed by atoms with Gasteiger partial charge in [0.1, 0.15) is 0 Å². The van der Waals surface area contributed by atoms with Crippen molar-refractivity contribution in [2.24, 2.45) is 0 Å². The van der Waals surface area contributed by atoms with Crippen LogP contribution in [0.2, 0.25) is 0 Å². The second kappa shape index (κ2) is 5.90. The van der Waals surface area contributed by atoms with Crippen LogP contribution in [0.5, 0.6) is 0 Å². The van der Waals surface area contributed by atoms with Crippen LogP contribution in [0.3, 0.4) is 0 Å². The molecule has 3 N–H and O–H groups in total. The summed E-state index contributed by atoms with van der Waals surface area (Å²) >= 11 is 1.72. The number of thiophene rings is 1. The van der Waals surface area contributed by atoms with Crippen LogP contribution in [-0.4, -0.2) is 15.0 Å². The highest BCUT2D eigenvalue weighted by Gasteiger charge is 2.12. The standard InChI is InChI=1S/C18H15N5S/c1-11-14-10-13(22-12-4-7-20-8-5-12)2-3-16(14)24-17(11)15-6-9-21-18(19)23-15/h2-10H,1H3,(H,20,22)(H2,19,21,23). The number of nitrogen functional groups attached to an aromatic ring is 1. The number of pyridine rings is 1. The Hall–Kier alpha value is -2.99. The van der Waals surface area contributed by atoms with Gasteiger partial charge in [-0.15, -0.1) is 11.3 Å². The van der Waals surface area contributed by atoms with E-state index in [1.54, 1.807) is 29.9 Å². The van der Waals surface area contributed by atoms with Gasteiger partial charge in [0.15, 0.2) is 0 Å². The van der Waals surface area contributed by atoms with Gasteiger partial charge in [0, 0.05) is 34.7 Å². The summed E-state index contributed by atoms with van der Waals surface area (Å²) in [6, 6.07) is 12.2. The van der Waals surface area contributed by atoms with Crippen LogP contribution in [0, 0.1) is 6.92 Å². The van der Waals surface area contributed by atoms with E-state index in [1.807, 2.05) is 18.2 Å². The lowest BCUT2D eigenvalue weighted by Gasteiger charge is -2.06. The van der Waals surface area contributed by atoms with Crippen LogP contribution in [0.25, 0.3) is 20.7 Å². The largest absolute Gasteiger partial charge is 0.368 e. The van der Waals surface area contributed by atoms with Gasteiger partial charge in [0.05, 0.1) is 10.6 Å². The SMILES string of the molecule is Cc1c(-c2ccnc(N)n2)sc2ccc(Nc3ccncc3)cc12. The number of nitrogens with one attached hydrogen (secondary N) is 1. The Balaban J connectivity index is 1.76. The van der Waals surface area contributed by atoms with Crippen molar-refractivity contribution in [3.8, 4) is 10.6 Å². The zero-order chi connectivity index (χ0) is 16.5. The quantitative estimate of drug-likeness (QED) is 0.581. The Morgan fingerprint density at radius 2 is 1.83 bits per heavy atom. The fourth-order valence-electron chi connectivity index (χ4n) is 2.65. The summed E-state index contributed by atoms with van der Waals surface area (Å²) in [5, 5.41) is 4.61. The summed E-state index contributed by atoms with van der Waals surface area (Å²) in [6.45, 7) is 2.11. The molecular weight excluding hydrogens is 318 g/mol. The Kier molecular flexibility index (Phi) is 3.59. The third-order valence-electron chi connectivity index (χ3n) is 3.81. The average Bonchev–Trinajstić information content (AvgIpc) is 2.93. The van der Waals surface area contributed by atoms with Gasteiger partial charge < -0.3 is 11.1 Å². The molecule has 0 radical (unpaired) electrons. The van der Waals surface area contributed by atoms with Crippen LogP contribution in [-0.2, 0) is 0 Å². The predicted octanol–water partition coefficient (Wildman–Crippen LogP) is 4.39. The van der Waals surface area contributed by atoms with Crippen LogP contribution in [0.15, 0.2) is 55.0 Å². The van der Waals surface area contributed by atoms with E-state index in [-0.39, 0.29) is 0 Å².